The lowest BCUT2D eigenvalue weighted by molar-refractivity contribution is 0.545. The SMILES string of the molecule is CC(Cc1ccc(Cc2ccccc2)cc1)NCc1ccccc1. The molecular weight excluding hydrogens is 290 g/mol. The van der Waals surface area contributed by atoms with E-state index in [1.165, 1.54) is 22.3 Å². The maximum Gasteiger partial charge on any atom is 0.0208 e. The third kappa shape index (κ3) is 5.07. The first-order chi connectivity index (χ1) is 11.8. The van der Waals surface area contributed by atoms with Crippen LogP contribution in [0.1, 0.15) is 29.2 Å². The summed E-state index contributed by atoms with van der Waals surface area (Å²) in [5.41, 5.74) is 5.46. The van der Waals surface area contributed by atoms with Crippen LogP contribution in [0.15, 0.2) is 84.9 Å². The zero-order valence-electron chi connectivity index (χ0n) is 14.3. The van der Waals surface area contributed by atoms with Crippen LogP contribution >= 0.6 is 0 Å². The van der Waals surface area contributed by atoms with Crippen LogP contribution in [0.25, 0.3) is 0 Å². The Morgan fingerprint density at radius 2 is 1.12 bits per heavy atom. The van der Waals surface area contributed by atoms with E-state index in [0.29, 0.717) is 6.04 Å². The molecule has 0 spiro atoms. The van der Waals surface area contributed by atoms with Crippen molar-refractivity contribution in [2.45, 2.75) is 32.4 Å². The smallest absolute Gasteiger partial charge is 0.0208 e. The Morgan fingerprint density at radius 1 is 0.625 bits per heavy atom. The van der Waals surface area contributed by atoms with Crippen LogP contribution in [0.4, 0.5) is 0 Å². The van der Waals surface area contributed by atoms with E-state index in [-0.39, 0.29) is 0 Å². The highest BCUT2D eigenvalue weighted by molar-refractivity contribution is 5.29. The van der Waals surface area contributed by atoms with Crippen molar-refractivity contribution < 1.29 is 0 Å². The lowest BCUT2D eigenvalue weighted by Gasteiger charge is -2.14. The molecule has 0 saturated carbocycles. The van der Waals surface area contributed by atoms with E-state index in [1.54, 1.807) is 0 Å². The van der Waals surface area contributed by atoms with Gasteiger partial charge in [-0.15, -0.1) is 0 Å². The Bertz CT molecular complexity index is 717. The van der Waals surface area contributed by atoms with Gasteiger partial charge in [0.2, 0.25) is 0 Å². The van der Waals surface area contributed by atoms with Gasteiger partial charge in [0.25, 0.3) is 0 Å². The first-order valence-electron chi connectivity index (χ1n) is 8.68. The fourth-order valence-electron chi connectivity index (χ4n) is 2.94. The Labute approximate surface area is 145 Å². The topological polar surface area (TPSA) is 12.0 Å². The third-order valence-electron chi connectivity index (χ3n) is 4.31. The van der Waals surface area contributed by atoms with Gasteiger partial charge in [-0.2, -0.15) is 0 Å². The highest BCUT2D eigenvalue weighted by Crippen LogP contribution is 2.12. The van der Waals surface area contributed by atoms with Crippen molar-refractivity contribution in [3.8, 4) is 0 Å². The fraction of sp³-hybridized carbons (Fsp3) is 0.217. The Morgan fingerprint density at radius 3 is 1.75 bits per heavy atom. The monoisotopic (exact) mass is 315 g/mol. The second kappa shape index (κ2) is 8.47. The highest BCUT2D eigenvalue weighted by atomic mass is 14.9. The van der Waals surface area contributed by atoms with E-state index in [4.69, 9.17) is 0 Å². The minimum Gasteiger partial charge on any atom is -0.310 e. The van der Waals surface area contributed by atoms with Crippen molar-refractivity contribution in [2.24, 2.45) is 0 Å². The van der Waals surface area contributed by atoms with E-state index in [2.05, 4.69) is 97.2 Å². The van der Waals surface area contributed by atoms with E-state index >= 15 is 0 Å². The van der Waals surface area contributed by atoms with Gasteiger partial charge in [-0.25, -0.2) is 0 Å². The summed E-state index contributed by atoms with van der Waals surface area (Å²) in [5.74, 6) is 0. The molecule has 0 saturated heterocycles. The van der Waals surface area contributed by atoms with Gasteiger partial charge in [0.05, 0.1) is 0 Å². The zero-order chi connectivity index (χ0) is 16.6. The van der Waals surface area contributed by atoms with E-state index in [1.807, 2.05) is 0 Å². The predicted octanol–water partition coefficient (Wildman–Crippen LogP) is 5.00. The summed E-state index contributed by atoms with van der Waals surface area (Å²) in [6, 6.07) is 30.7. The molecule has 1 unspecified atom stereocenters. The number of hydrogen-bond acceptors (Lipinski definition) is 1. The van der Waals surface area contributed by atoms with E-state index in [9.17, 15) is 0 Å². The number of nitrogens with one attached hydrogen (secondary N) is 1. The fourth-order valence-corrected chi connectivity index (χ4v) is 2.94. The van der Waals surface area contributed by atoms with Gasteiger partial charge in [-0.1, -0.05) is 84.9 Å². The molecule has 3 aromatic carbocycles. The minimum absolute atomic E-state index is 0.463. The van der Waals surface area contributed by atoms with Gasteiger partial charge in [-0.3, -0.25) is 0 Å². The summed E-state index contributed by atoms with van der Waals surface area (Å²) in [4.78, 5) is 0. The lowest BCUT2D eigenvalue weighted by atomic mass is 10.0. The Balaban J connectivity index is 1.50. The van der Waals surface area contributed by atoms with Crippen LogP contribution in [0, 0.1) is 0 Å². The second-order valence-corrected chi connectivity index (χ2v) is 6.45. The maximum absolute atomic E-state index is 3.60. The molecule has 0 aliphatic heterocycles. The molecule has 0 aromatic heterocycles. The molecule has 0 amide bonds. The number of benzene rings is 3. The normalized spacial score (nSPS) is 12.0. The Kier molecular flexibility index (Phi) is 5.81. The molecule has 122 valence electrons. The standard InChI is InChI=1S/C23H25N/c1-19(24-18-23-10-6-3-7-11-23)16-21-12-14-22(15-13-21)17-20-8-4-2-5-9-20/h2-15,19,24H,16-18H2,1H3. The van der Waals surface area contributed by atoms with Crippen LogP contribution in [-0.2, 0) is 19.4 Å². The molecule has 3 rings (SSSR count). The first kappa shape index (κ1) is 16.5. The van der Waals surface area contributed by atoms with Crippen LogP contribution in [0.3, 0.4) is 0 Å². The van der Waals surface area contributed by atoms with Crippen molar-refractivity contribution in [1.29, 1.82) is 0 Å². The molecule has 1 nitrogen and oxygen atoms in total. The van der Waals surface area contributed by atoms with Gasteiger partial charge >= 0.3 is 0 Å². The molecule has 1 heteroatoms. The van der Waals surface area contributed by atoms with Crippen LogP contribution in [0.5, 0.6) is 0 Å². The molecule has 3 aromatic rings. The Hall–Kier alpha value is -2.38. The van der Waals surface area contributed by atoms with Crippen LogP contribution < -0.4 is 5.32 Å². The van der Waals surface area contributed by atoms with Gasteiger partial charge < -0.3 is 5.32 Å². The van der Waals surface area contributed by atoms with E-state index in [0.717, 1.165) is 19.4 Å². The zero-order valence-corrected chi connectivity index (χ0v) is 14.3. The molecule has 0 fully saturated rings. The average molecular weight is 315 g/mol. The van der Waals surface area contributed by atoms with Gasteiger partial charge in [0.1, 0.15) is 0 Å². The summed E-state index contributed by atoms with van der Waals surface area (Å²) in [6.07, 6.45) is 2.06. The maximum atomic E-state index is 3.60. The van der Waals surface area contributed by atoms with Crippen molar-refractivity contribution in [2.75, 3.05) is 0 Å². The second-order valence-electron chi connectivity index (χ2n) is 6.45. The average Bonchev–Trinajstić information content (AvgIpc) is 2.63. The molecule has 0 radical (unpaired) electrons. The molecule has 1 atom stereocenters. The van der Waals surface area contributed by atoms with Crippen molar-refractivity contribution in [3.05, 3.63) is 107 Å². The van der Waals surface area contributed by atoms with Crippen LogP contribution in [-0.4, -0.2) is 6.04 Å². The molecule has 1 N–H and O–H groups in total. The minimum atomic E-state index is 0.463. The van der Waals surface area contributed by atoms with Crippen molar-refractivity contribution in [1.82, 2.24) is 5.32 Å². The molecule has 0 heterocycles. The van der Waals surface area contributed by atoms with Crippen molar-refractivity contribution >= 4 is 0 Å². The third-order valence-corrected chi connectivity index (χ3v) is 4.31. The molecular formula is C23H25N. The summed E-state index contributed by atoms with van der Waals surface area (Å²) in [7, 11) is 0. The number of rotatable bonds is 7. The number of hydrogen-bond donors (Lipinski definition) is 1. The predicted molar refractivity (Wildman–Crippen MR) is 102 cm³/mol. The van der Waals surface area contributed by atoms with E-state index < -0.39 is 0 Å². The van der Waals surface area contributed by atoms with Gasteiger partial charge in [0.15, 0.2) is 0 Å². The molecule has 0 bridgehead atoms. The quantitative estimate of drug-likeness (QED) is 0.647. The largest absolute Gasteiger partial charge is 0.310 e. The molecule has 0 aliphatic rings. The lowest BCUT2D eigenvalue weighted by Crippen LogP contribution is -2.27. The summed E-state index contributed by atoms with van der Waals surface area (Å²) < 4.78 is 0. The van der Waals surface area contributed by atoms with Crippen LogP contribution in [0.2, 0.25) is 0 Å². The summed E-state index contributed by atoms with van der Waals surface area (Å²) in [6.45, 7) is 3.18. The summed E-state index contributed by atoms with van der Waals surface area (Å²) in [5, 5.41) is 3.60. The highest BCUT2D eigenvalue weighted by Gasteiger charge is 2.04. The van der Waals surface area contributed by atoms with Crippen molar-refractivity contribution in [3.63, 3.8) is 0 Å². The summed E-state index contributed by atoms with van der Waals surface area (Å²) >= 11 is 0. The first-order valence-corrected chi connectivity index (χ1v) is 8.68. The molecule has 24 heavy (non-hydrogen) atoms. The van der Waals surface area contributed by atoms with Gasteiger partial charge in [0, 0.05) is 12.6 Å². The van der Waals surface area contributed by atoms with Gasteiger partial charge in [-0.05, 0) is 42.0 Å². The molecule has 0 aliphatic carbocycles.